The van der Waals surface area contributed by atoms with Crippen LogP contribution < -0.4 is 9.46 Å². The number of carboxylic acids is 1. The Kier molecular flexibility index (Phi) is 4.84. The summed E-state index contributed by atoms with van der Waals surface area (Å²) in [6.45, 7) is 2.69. The third-order valence-corrected chi connectivity index (χ3v) is 4.63. The third kappa shape index (κ3) is 4.18. The summed E-state index contributed by atoms with van der Waals surface area (Å²) in [6.07, 6.45) is 2.81. The van der Waals surface area contributed by atoms with Crippen LogP contribution in [0.5, 0.6) is 5.75 Å². The molecule has 0 aliphatic heterocycles. The van der Waals surface area contributed by atoms with Gasteiger partial charge in [0.15, 0.2) is 0 Å². The zero-order chi connectivity index (χ0) is 15.5. The molecular formula is C14H19NO5S. The molecule has 0 heterocycles. The topological polar surface area (TPSA) is 92.7 Å². The molecule has 21 heavy (non-hydrogen) atoms. The lowest BCUT2D eigenvalue weighted by molar-refractivity contribution is 0.0692. The van der Waals surface area contributed by atoms with Crippen molar-refractivity contribution in [1.82, 2.24) is 4.72 Å². The first-order chi connectivity index (χ1) is 9.94. The van der Waals surface area contributed by atoms with Gasteiger partial charge in [-0.25, -0.2) is 17.9 Å². The smallest absolute Gasteiger partial charge is 0.339 e. The van der Waals surface area contributed by atoms with Gasteiger partial charge in [0.1, 0.15) is 11.3 Å². The fourth-order valence-corrected chi connectivity index (χ4v) is 2.96. The molecule has 1 aromatic rings. The molecule has 0 saturated heterocycles. The summed E-state index contributed by atoms with van der Waals surface area (Å²) >= 11 is 0. The highest BCUT2D eigenvalue weighted by molar-refractivity contribution is 7.89. The molecule has 0 spiro atoms. The van der Waals surface area contributed by atoms with Crippen LogP contribution in [0.25, 0.3) is 0 Å². The number of hydrogen-bond acceptors (Lipinski definition) is 4. The highest BCUT2D eigenvalue weighted by Crippen LogP contribution is 2.28. The molecule has 116 valence electrons. The lowest BCUT2D eigenvalue weighted by Crippen LogP contribution is -2.26. The number of hydrogen-bond donors (Lipinski definition) is 2. The van der Waals surface area contributed by atoms with Crippen molar-refractivity contribution in [1.29, 1.82) is 0 Å². The van der Waals surface area contributed by atoms with Crippen molar-refractivity contribution in [2.45, 2.75) is 31.1 Å². The van der Waals surface area contributed by atoms with E-state index in [4.69, 9.17) is 4.74 Å². The minimum Gasteiger partial charge on any atom is -0.493 e. The number of nitrogens with one attached hydrogen (secondary N) is 1. The molecule has 0 amide bonds. The van der Waals surface area contributed by atoms with Gasteiger partial charge in [0.25, 0.3) is 0 Å². The fraction of sp³-hybridized carbons (Fsp3) is 0.500. The van der Waals surface area contributed by atoms with Crippen molar-refractivity contribution in [2.24, 2.45) is 5.92 Å². The highest BCUT2D eigenvalue weighted by Gasteiger charge is 2.25. The summed E-state index contributed by atoms with van der Waals surface area (Å²) in [6, 6.07) is 3.90. The van der Waals surface area contributed by atoms with Crippen molar-refractivity contribution in [3.8, 4) is 5.75 Å². The maximum Gasteiger partial charge on any atom is 0.339 e. The number of carboxylic acid groups (broad SMARTS) is 1. The number of ether oxygens (including phenoxy) is 1. The Morgan fingerprint density at radius 2 is 2.14 bits per heavy atom. The van der Waals surface area contributed by atoms with E-state index in [2.05, 4.69) is 4.72 Å². The van der Waals surface area contributed by atoms with Crippen molar-refractivity contribution in [3.05, 3.63) is 23.8 Å². The average molecular weight is 313 g/mol. The Balaban J connectivity index is 2.23. The Bertz CT molecular complexity index is 622. The number of benzene rings is 1. The van der Waals surface area contributed by atoms with Gasteiger partial charge in [-0.05, 0) is 43.4 Å². The van der Waals surface area contributed by atoms with Gasteiger partial charge in [0, 0.05) is 6.54 Å². The van der Waals surface area contributed by atoms with Gasteiger partial charge in [-0.1, -0.05) is 6.92 Å². The van der Waals surface area contributed by atoms with E-state index in [1.165, 1.54) is 12.1 Å². The van der Waals surface area contributed by atoms with Crippen molar-refractivity contribution >= 4 is 16.0 Å². The van der Waals surface area contributed by atoms with Crippen molar-refractivity contribution in [2.75, 3.05) is 13.2 Å². The van der Waals surface area contributed by atoms with Crippen LogP contribution in [0.4, 0.5) is 0 Å². The van der Waals surface area contributed by atoms with E-state index in [9.17, 15) is 18.3 Å². The summed E-state index contributed by atoms with van der Waals surface area (Å²) in [4.78, 5) is 11.2. The van der Waals surface area contributed by atoms with E-state index >= 15 is 0 Å². The molecule has 2 N–H and O–H groups in total. The Labute approximate surface area is 124 Å². The minimum atomic E-state index is -3.68. The maximum atomic E-state index is 12.1. The Morgan fingerprint density at radius 1 is 1.43 bits per heavy atom. The van der Waals surface area contributed by atoms with E-state index in [0.29, 0.717) is 19.1 Å². The third-order valence-electron chi connectivity index (χ3n) is 3.21. The second-order valence-corrected chi connectivity index (χ2v) is 6.87. The Hall–Kier alpha value is -1.60. The first-order valence-electron chi connectivity index (χ1n) is 6.94. The molecule has 1 saturated carbocycles. The van der Waals surface area contributed by atoms with Crippen molar-refractivity contribution < 1.29 is 23.1 Å². The molecule has 0 unspecified atom stereocenters. The zero-order valence-corrected chi connectivity index (χ0v) is 12.6. The van der Waals surface area contributed by atoms with Gasteiger partial charge in [0.2, 0.25) is 10.0 Å². The second kappa shape index (κ2) is 6.44. The number of aromatic carboxylic acids is 1. The van der Waals surface area contributed by atoms with Crippen LogP contribution in [0, 0.1) is 5.92 Å². The molecular weight excluding hydrogens is 294 g/mol. The lowest BCUT2D eigenvalue weighted by atomic mass is 10.2. The molecule has 1 aliphatic rings. The molecule has 0 bridgehead atoms. The summed E-state index contributed by atoms with van der Waals surface area (Å²) in [5.74, 6) is -0.614. The molecule has 1 aliphatic carbocycles. The fourth-order valence-electron chi connectivity index (χ4n) is 1.81. The van der Waals surface area contributed by atoms with E-state index in [1.807, 2.05) is 6.92 Å². The molecule has 2 rings (SSSR count). The van der Waals surface area contributed by atoms with Crippen LogP contribution in [-0.2, 0) is 10.0 Å². The molecule has 1 fully saturated rings. The summed E-state index contributed by atoms with van der Waals surface area (Å²) < 4.78 is 32.1. The van der Waals surface area contributed by atoms with Crippen LogP contribution in [-0.4, -0.2) is 32.6 Å². The average Bonchev–Trinajstić information content (AvgIpc) is 3.27. The van der Waals surface area contributed by atoms with Crippen LogP contribution in [0.1, 0.15) is 36.5 Å². The first-order valence-corrected chi connectivity index (χ1v) is 8.42. The summed E-state index contributed by atoms with van der Waals surface area (Å²) in [7, 11) is -3.68. The summed E-state index contributed by atoms with van der Waals surface area (Å²) in [5.41, 5.74) is -0.141. The van der Waals surface area contributed by atoms with Gasteiger partial charge >= 0.3 is 5.97 Å². The maximum absolute atomic E-state index is 12.1. The van der Waals surface area contributed by atoms with E-state index in [-0.39, 0.29) is 16.2 Å². The van der Waals surface area contributed by atoms with E-state index < -0.39 is 16.0 Å². The SMILES string of the molecule is CCCOc1ccc(S(=O)(=O)NCC2CC2)cc1C(=O)O. The summed E-state index contributed by atoms with van der Waals surface area (Å²) in [5, 5.41) is 9.19. The van der Waals surface area contributed by atoms with Gasteiger partial charge in [0.05, 0.1) is 11.5 Å². The monoisotopic (exact) mass is 313 g/mol. The highest BCUT2D eigenvalue weighted by atomic mass is 32.2. The number of carbonyl (C=O) groups is 1. The molecule has 6 nitrogen and oxygen atoms in total. The molecule has 0 radical (unpaired) electrons. The van der Waals surface area contributed by atoms with Gasteiger partial charge in [-0.15, -0.1) is 0 Å². The number of rotatable bonds is 8. The minimum absolute atomic E-state index is 0.0515. The molecule has 0 atom stereocenters. The Morgan fingerprint density at radius 3 is 2.71 bits per heavy atom. The standard InChI is InChI=1S/C14H19NO5S/c1-2-7-20-13-6-5-11(8-12(13)14(16)17)21(18,19)15-9-10-3-4-10/h5-6,8,10,15H,2-4,7,9H2,1H3,(H,16,17). The van der Waals surface area contributed by atoms with Crippen molar-refractivity contribution in [3.63, 3.8) is 0 Å². The normalized spacial score (nSPS) is 14.9. The van der Waals surface area contributed by atoms with Crippen LogP contribution in [0.2, 0.25) is 0 Å². The predicted molar refractivity (Wildman–Crippen MR) is 77.1 cm³/mol. The predicted octanol–water partition coefficient (Wildman–Crippen LogP) is 1.86. The number of sulfonamides is 1. The van der Waals surface area contributed by atoms with E-state index in [1.54, 1.807) is 0 Å². The van der Waals surface area contributed by atoms with Crippen LogP contribution >= 0.6 is 0 Å². The molecule has 7 heteroatoms. The zero-order valence-electron chi connectivity index (χ0n) is 11.8. The molecule has 0 aromatic heterocycles. The molecule has 1 aromatic carbocycles. The second-order valence-electron chi connectivity index (χ2n) is 5.11. The van der Waals surface area contributed by atoms with Crippen LogP contribution in [0.15, 0.2) is 23.1 Å². The largest absolute Gasteiger partial charge is 0.493 e. The van der Waals surface area contributed by atoms with E-state index in [0.717, 1.165) is 25.3 Å². The van der Waals surface area contributed by atoms with Gasteiger partial charge < -0.3 is 9.84 Å². The van der Waals surface area contributed by atoms with Gasteiger partial charge in [-0.2, -0.15) is 0 Å². The lowest BCUT2D eigenvalue weighted by Gasteiger charge is -2.11. The van der Waals surface area contributed by atoms with Crippen LogP contribution in [0.3, 0.4) is 0 Å². The first kappa shape index (κ1) is 15.8. The quantitative estimate of drug-likeness (QED) is 0.764. The van der Waals surface area contributed by atoms with Gasteiger partial charge in [-0.3, -0.25) is 0 Å².